The van der Waals surface area contributed by atoms with Crippen LogP contribution in [0.1, 0.15) is 57.7 Å². The molecule has 2 aliphatic heterocycles. The van der Waals surface area contributed by atoms with E-state index in [0.29, 0.717) is 12.0 Å². The smallest absolute Gasteiger partial charge is 0.0951 e. The number of nitrogens with zero attached hydrogens (tertiary/aromatic N) is 3. The van der Waals surface area contributed by atoms with Crippen LogP contribution in [0.4, 0.5) is 0 Å². The Morgan fingerprint density at radius 2 is 1.95 bits per heavy atom. The lowest BCUT2D eigenvalue weighted by atomic mass is 9.82. The highest BCUT2D eigenvalue weighted by Crippen LogP contribution is 2.38. The van der Waals surface area contributed by atoms with Gasteiger partial charge in [0.1, 0.15) is 0 Å². The van der Waals surface area contributed by atoms with Gasteiger partial charge in [-0.15, -0.1) is 0 Å². The first kappa shape index (κ1) is 15.0. The van der Waals surface area contributed by atoms with Gasteiger partial charge in [0.2, 0.25) is 0 Å². The normalized spacial score (nSPS) is 30.0. The van der Waals surface area contributed by atoms with Crippen molar-refractivity contribution in [3.8, 4) is 0 Å². The number of imidazole rings is 1. The van der Waals surface area contributed by atoms with Crippen molar-refractivity contribution in [2.75, 3.05) is 13.6 Å². The summed E-state index contributed by atoms with van der Waals surface area (Å²) in [5, 5.41) is 3.55. The lowest BCUT2D eigenvalue weighted by Crippen LogP contribution is -2.50. The van der Waals surface area contributed by atoms with Crippen molar-refractivity contribution >= 4 is 0 Å². The van der Waals surface area contributed by atoms with Gasteiger partial charge in [-0.1, -0.05) is 20.3 Å². The van der Waals surface area contributed by atoms with Gasteiger partial charge in [0, 0.05) is 30.9 Å². The Bertz CT molecular complexity index is 439. The molecule has 0 radical (unpaired) electrons. The Labute approximate surface area is 128 Å². The van der Waals surface area contributed by atoms with Gasteiger partial charge in [-0.3, -0.25) is 0 Å². The molecule has 1 aromatic rings. The quantitative estimate of drug-likeness (QED) is 0.905. The molecule has 3 heterocycles. The van der Waals surface area contributed by atoms with Crippen molar-refractivity contribution in [2.45, 2.75) is 70.6 Å². The topological polar surface area (TPSA) is 33.1 Å². The van der Waals surface area contributed by atoms with Crippen LogP contribution in [0.25, 0.3) is 0 Å². The maximum Gasteiger partial charge on any atom is 0.0951 e. The van der Waals surface area contributed by atoms with Crippen LogP contribution in [-0.4, -0.2) is 40.1 Å². The zero-order valence-corrected chi connectivity index (χ0v) is 13.8. The molecule has 2 fully saturated rings. The van der Waals surface area contributed by atoms with E-state index in [-0.39, 0.29) is 0 Å². The minimum Gasteiger partial charge on any atom is -0.330 e. The monoisotopic (exact) mass is 290 g/mol. The number of hydrogen-bond acceptors (Lipinski definition) is 3. The average Bonchev–Trinajstić information content (AvgIpc) is 2.86. The van der Waals surface area contributed by atoms with Crippen LogP contribution in [0.3, 0.4) is 0 Å². The van der Waals surface area contributed by atoms with Gasteiger partial charge in [-0.2, -0.15) is 0 Å². The van der Waals surface area contributed by atoms with E-state index in [1.54, 1.807) is 0 Å². The zero-order valence-electron chi connectivity index (χ0n) is 13.8. The predicted octanol–water partition coefficient (Wildman–Crippen LogP) is 2.82. The lowest BCUT2D eigenvalue weighted by molar-refractivity contribution is 0.0393. The van der Waals surface area contributed by atoms with Crippen LogP contribution in [0.2, 0.25) is 0 Å². The van der Waals surface area contributed by atoms with Crippen molar-refractivity contribution in [3.63, 3.8) is 0 Å². The number of hydrogen-bond donors (Lipinski definition) is 1. The second kappa shape index (κ2) is 6.49. The van der Waals surface area contributed by atoms with Crippen LogP contribution >= 0.6 is 0 Å². The van der Waals surface area contributed by atoms with Gasteiger partial charge in [-0.05, 0) is 45.2 Å². The van der Waals surface area contributed by atoms with Crippen molar-refractivity contribution < 1.29 is 0 Å². The maximum absolute atomic E-state index is 4.42. The zero-order chi connectivity index (χ0) is 14.8. The Kier molecular flexibility index (Phi) is 4.65. The molecule has 0 aliphatic carbocycles. The number of nitrogens with one attached hydrogen (secondary N) is 1. The van der Waals surface area contributed by atoms with Crippen molar-refractivity contribution in [1.82, 2.24) is 19.8 Å². The van der Waals surface area contributed by atoms with Gasteiger partial charge < -0.3 is 14.8 Å². The fraction of sp³-hybridized carbons (Fsp3) is 0.824. The Morgan fingerprint density at radius 1 is 1.24 bits per heavy atom. The number of rotatable bonds is 5. The van der Waals surface area contributed by atoms with Gasteiger partial charge in [-0.25, -0.2) is 4.98 Å². The maximum atomic E-state index is 4.42. The van der Waals surface area contributed by atoms with Crippen molar-refractivity contribution in [3.05, 3.63) is 18.2 Å². The lowest BCUT2D eigenvalue weighted by Gasteiger charge is -2.47. The Balaban J connectivity index is 1.66. The molecule has 1 N–H and O–H groups in total. The molecule has 0 aromatic carbocycles. The van der Waals surface area contributed by atoms with E-state index in [1.807, 2.05) is 6.20 Å². The summed E-state index contributed by atoms with van der Waals surface area (Å²) in [7, 11) is 2.32. The highest BCUT2D eigenvalue weighted by molar-refractivity contribution is 5.03. The number of piperidine rings is 2. The van der Waals surface area contributed by atoms with E-state index in [9.17, 15) is 0 Å². The van der Waals surface area contributed by atoms with Crippen LogP contribution in [0, 0.1) is 5.92 Å². The molecule has 0 spiro atoms. The first-order valence-electron chi connectivity index (χ1n) is 8.58. The molecule has 2 atom stereocenters. The van der Waals surface area contributed by atoms with Crippen LogP contribution in [0.15, 0.2) is 12.5 Å². The summed E-state index contributed by atoms with van der Waals surface area (Å²) in [5.74, 6) is 0.698. The van der Waals surface area contributed by atoms with Crippen molar-refractivity contribution in [2.24, 2.45) is 5.92 Å². The van der Waals surface area contributed by atoms with Crippen LogP contribution < -0.4 is 5.32 Å². The fourth-order valence-corrected chi connectivity index (χ4v) is 4.10. The second-order valence-corrected chi connectivity index (χ2v) is 7.35. The molecule has 0 saturated carbocycles. The van der Waals surface area contributed by atoms with E-state index in [2.05, 4.69) is 47.0 Å². The summed E-state index contributed by atoms with van der Waals surface area (Å²) < 4.78 is 2.45. The highest BCUT2D eigenvalue weighted by atomic mass is 15.2. The summed E-state index contributed by atoms with van der Waals surface area (Å²) in [5.41, 5.74) is 1.35. The first-order chi connectivity index (χ1) is 10.1. The van der Waals surface area contributed by atoms with E-state index < -0.39 is 0 Å². The average molecular weight is 290 g/mol. The molecule has 2 aliphatic rings. The predicted molar refractivity (Wildman–Crippen MR) is 86.2 cm³/mol. The molecule has 3 rings (SSSR count). The summed E-state index contributed by atoms with van der Waals surface area (Å²) in [6.45, 7) is 6.52. The minimum absolute atomic E-state index is 0.648. The molecule has 2 unspecified atom stereocenters. The second-order valence-electron chi connectivity index (χ2n) is 7.35. The highest BCUT2D eigenvalue weighted by Gasteiger charge is 2.36. The molecule has 4 heteroatoms. The molecular formula is C17H30N4. The third-order valence-corrected chi connectivity index (χ3v) is 5.31. The number of fused-ring (bicyclic) bond motifs is 2. The molecular weight excluding hydrogens is 260 g/mol. The molecule has 118 valence electrons. The summed E-state index contributed by atoms with van der Waals surface area (Å²) in [6, 6.07) is 2.21. The SMILES string of the molecule is CC(C)CNCc1cncn1C1CC2CCCC(C1)N2C. The van der Waals surface area contributed by atoms with Gasteiger partial charge in [0.05, 0.1) is 12.0 Å². The van der Waals surface area contributed by atoms with Gasteiger partial charge >= 0.3 is 0 Å². The Hall–Kier alpha value is -0.870. The van der Waals surface area contributed by atoms with E-state index in [0.717, 1.165) is 25.2 Å². The van der Waals surface area contributed by atoms with Gasteiger partial charge in [0.25, 0.3) is 0 Å². The molecule has 1 aromatic heterocycles. The van der Waals surface area contributed by atoms with Crippen LogP contribution in [0.5, 0.6) is 0 Å². The third kappa shape index (κ3) is 3.32. The fourth-order valence-electron chi connectivity index (χ4n) is 4.10. The minimum atomic E-state index is 0.648. The van der Waals surface area contributed by atoms with E-state index >= 15 is 0 Å². The molecule has 0 amide bonds. The van der Waals surface area contributed by atoms with Crippen molar-refractivity contribution in [1.29, 1.82) is 0 Å². The summed E-state index contributed by atoms with van der Waals surface area (Å²) >= 11 is 0. The first-order valence-corrected chi connectivity index (χ1v) is 8.58. The standard InChI is InChI=1S/C17H30N4/c1-13(2)9-18-10-17-11-19-12-21(17)16-7-14-5-4-6-15(8-16)20(14)3/h11-16,18H,4-10H2,1-3H3. The Morgan fingerprint density at radius 3 is 2.62 bits per heavy atom. The third-order valence-electron chi connectivity index (χ3n) is 5.31. The van der Waals surface area contributed by atoms with E-state index in [1.165, 1.54) is 37.8 Å². The van der Waals surface area contributed by atoms with E-state index in [4.69, 9.17) is 0 Å². The number of aromatic nitrogens is 2. The largest absolute Gasteiger partial charge is 0.330 e. The summed E-state index contributed by atoms with van der Waals surface area (Å²) in [6.07, 6.45) is 10.8. The molecule has 21 heavy (non-hydrogen) atoms. The molecule has 2 bridgehead atoms. The van der Waals surface area contributed by atoms with Crippen LogP contribution in [-0.2, 0) is 6.54 Å². The summed E-state index contributed by atoms with van der Waals surface area (Å²) in [4.78, 5) is 7.05. The molecule has 2 saturated heterocycles. The molecule has 4 nitrogen and oxygen atoms in total. The van der Waals surface area contributed by atoms with Gasteiger partial charge in [0.15, 0.2) is 0 Å².